The Balaban J connectivity index is 1.51. The Bertz CT molecular complexity index is 1040. The van der Waals surface area contributed by atoms with Gasteiger partial charge in [-0.15, -0.1) is 0 Å². The molecule has 178 valence electrons. The molecule has 4 aromatic carbocycles. The molecule has 0 aliphatic heterocycles. The summed E-state index contributed by atoms with van der Waals surface area (Å²) in [6.45, 7) is 10.2. The molecule has 1 fully saturated rings. The lowest BCUT2D eigenvalue weighted by Crippen LogP contribution is -2.37. The second-order valence-corrected chi connectivity index (χ2v) is 16.5. The van der Waals surface area contributed by atoms with Crippen LogP contribution in [0.25, 0.3) is 0 Å². The fraction of sp³-hybridized carbons (Fsp3) is 0.273. The molecule has 0 heterocycles. The second-order valence-electron chi connectivity index (χ2n) is 10.8. The maximum absolute atomic E-state index is 2.55. The van der Waals surface area contributed by atoms with Gasteiger partial charge in [0, 0.05) is 0 Å². The van der Waals surface area contributed by atoms with Crippen molar-refractivity contribution in [1.29, 1.82) is 0 Å². The van der Waals surface area contributed by atoms with Crippen LogP contribution in [-0.2, 0) is 0 Å². The fourth-order valence-electron chi connectivity index (χ4n) is 6.03. The van der Waals surface area contributed by atoms with Gasteiger partial charge in [0.2, 0.25) is 0 Å². The summed E-state index contributed by atoms with van der Waals surface area (Å²) in [6, 6.07) is 45.1. The standard InChI is InChI=1S/C33H36P2/c1-32(2,34(26-17-9-5-10-18-26)27-19-11-6-12-20-27)30-25-31(30)33(3,4)35(28-21-13-7-14-22-28)29-23-15-8-16-24-29/h5-24,30-31H,25H2,1-4H3/t30-,31-/m0/s1. The van der Waals surface area contributed by atoms with Gasteiger partial charge < -0.3 is 0 Å². The van der Waals surface area contributed by atoms with E-state index in [2.05, 4.69) is 149 Å². The van der Waals surface area contributed by atoms with Crippen molar-refractivity contribution >= 4 is 37.1 Å². The van der Waals surface area contributed by atoms with E-state index in [9.17, 15) is 0 Å². The minimum atomic E-state index is -0.465. The zero-order valence-corrected chi connectivity index (χ0v) is 23.1. The number of rotatable bonds is 8. The summed E-state index contributed by atoms with van der Waals surface area (Å²) in [5.41, 5.74) is 0. The summed E-state index contributed by atoms with van der Waals surface area (Å²) in [7, 11) is -0.931. The van der Waals surface area contributed by atoms with E-state index < -0.39 is 15.8 Å². The third-order valence-corrected chi connectivity index (χ3v) is 14.0. The minimum absolute atomic E-state index is 0.217. The van der Waals surface area contributed by atoms with Crippen LogP contribution in [0.15, 0.2) is 121 Å². The minimum Gasteiger partial charge on any atom is -0.0622 e. The molecule has 0 radical (unpaired) electrons. The van der Waals surface area contributed by atoms with Crippen molar-refractivity contribution in [2.75, 3.05) is 0 Å². The molecule has 1 saturated carbocycles. The summed E-state index contributed by atoms with van der Waals surface area (Å²) in [4.78, 5) is 0. The van der Waals surface area contributed by atoms with E-state index in [1.807, 2.05) is 0 Å². The third-order valence-electron chi connectivity index (χ3n) is 7.82. The molecule has 2 atom stereocenters. The third kappa shape index (κ3) is 4.89. The summed E-state index contributed by atoms with van der Waals surface area (Å²) in [5.74, 6) is 1.42. The Hall–Kier alpha value is -2.26. The molecular formula is C33H36P2. The highest BCUT2D eigenvalue weighted by Crippen LogP contribution is 2.69. The molecule has 4 aromatic rings. The highest BCUT2D eigenvalue weighted by molar-refractivity contribution is 7.75. The van der Waals surface area contributed by atoms with E-state index in [1.54, 1.807) is 0 Å². The van der Waals surface area contributed by atoms with Crippen molar-refractivity contribution in [1.82, 2.24) is 0 Å². The SMILES string of the molecule is CC(C)([C@H]1C[C@@H]1C(C)(C)P(c1ccccc1)c1ccccc1)P(c1ccccc1)c1ccccc1. The lowest BCUT2D eigenvalue weighted by molar-refractivity contribution is 0.496. The van der Waals surface area contributed by atoms with Gasteiger partial charge >= 0.3 is 0 Å². The molecule has 0 nitrogen and oxygen atoms in total. The van der Waals surface area contributed by atoms with E-state index in [0.29, 0.717) is 11.8 Å². The Morgan fingerprint density at radius 2 is 0.657 bits per heavy atom. The number of hydrogen-bond acceptors (Lipinski definition) is 0. The Kier molecular flexibility index (Phi) is 6.99. The molecule has 0 spiro atoms. The van der Waals surface area contributed by atoms with Crippen molar-refractivity contribution in [3.8, 4) is 0 Å². The van der Waals surface area contributed by atoms with Crippen LogP contribution in [0.1, 0.15) is 34.1 Å². The lowest BCUT2D eigenvalue weighted by Gasteiger charge is -2.41. The molecule has 0 saturated heterocycles. The van der Waals surface area contributed by atoms with Gasteiger partial charge in [-0.1, -0.05) is 149 Å². The highest BCUT2D eigenvalue weighted by Gasteiger charge is 2.58. The van der Waals surface area contributed by atoms with Crippen molar-refractivity contribution in [3.63, 3.8) is 0 Å². The zero-order valence-electron chi connectivity index (χ0n) is 21.3. The zero-order chi connectivity index (χ0) is 24.5. The average Bonchev–Trinajstić information content (AvgIpc) is 3.70. The summed E-state index contributed by atoms with van der Waals surface area (Å²) in [5, 5.41) is 6.42. The monoisotopic (exact) mass is 494 g/mol. The Morgan fingerprint density at radius 3 is 0.886 bits per heavy atom. The molecular weight excluding hydrogens is 458 g/mol. The van der Waals surface area contributed by atoms with Crippen molar-refractivity contribution < 1.29 is 0 Å². The van der Waals surface area contributed by atoms with Crippen LogP contribution in [0.3, 0.4) is 0 Å². The van der Waals surface area contributed by atoms with Crippen LogP contribution in [-0.4, -0.2) is 10.3 Å². The van der Waals surface area contributed by atoms with Crippen LogP contribution in [0.4, 0.5) is 0 Å². The van der Waals surface area contributed by atoms with Crippen molar-refractivity contribution in [2.24, 2.45) is 11.8 Å². The molecule has 5 rings (SSSR count). The van der Waals surface area contributed by atoms with E-state index in [-0.39, 0.29) is 10.3 Å². The normalized spacial score (nSPS) is 18.1. The van der Waals surface area contributed by atoms with Gasteiger partial charge in [-0.2, -0.15) is 0 Å². The molecule has 0 N–H and O–H groups in total. The fourth-order valence-corrected chi connectivity index (χ4v) is 12.4. The number of hydrogen-bond donors (Lipinski definition) is 0. The molecule has 0 bridgehead atoms. The molecule has 1 aliphatic rings. The maximum Gasteiger partial charge on any atom is -0.00396 e. The second kappa shape index (κ2) is 10.0. The van der Waals surface area contributed by atoms with E-state index in [1.165, 1.54) is 27.6 Å². The molecule has 1 aliphatic carbocycles. The maximum atomic E-state index is 2.55. The summed E-state index contributed by atoms with van der Waals surface area (Å²) in [6.07, 6.45) is 1.32. The molecule has 0 aromatic heterocycles. The predicted molar refractivity (Wildman–Crippen MR) is 158 cm³/mol. The number of benzene rings is 4. The van der Waals surface area contributed by atoms with Crippen LogP contribution in [0.2, 0.25) is 0 Å². The summed E-state index contributed by atoms with van der Waals surface area (Å²) < 4.78 is 0. The smallest absolute Gasteiger partial charge is 0.00396 e. The molecule has 35 heavy (non-hydrogen) atoms. The van der Waals surface area contributed by atoms with E-state index in [4.69, 9.17) is 0 Å². The van der Waals surface area contributed by atoms with Gasteiger partial charge in [0.05, 0.1) is 0 Å². The summed E-state index contributed by atoms with van der Waals surface area (Å²) >= 11 is 0. The van der Waals surface area contributed by atoms with Gasteiger partial charge in [-0.3, -0.25) is 0 Å². The Labute approximate surface area is 214 Å². The highest BCUT2D eigenvalue weighted by atomic mass is 31.1. The van der Waals surface area contributed by atoms with Gasteiger partial charge in [0.1, 0.15) is 0 Å². The first-order valence-electron chi connectivity index (χ1n) is 12.7. The average molecular weight is 495 g/mol. The molecule has 0 amide bonds. The first kappa shape index (κ1) is 24.4. The van der Waals surface area contributed by atoms with Gasteiger partial charge in [-0.05, 0) is 65.6 Å². The largest absolute Gasteiger partial charge is 0.0622 e. The Morgan fingerprint density at radius 1 is 0.429 bits per heavy atom. The topological polar surface area (TPSA) is 0 Å². The van der Waals surface area contributed by atoms with Gasteiger partial charge in [-0.25, -0.2) is 0 Å². The van der Waals surface area contributed by atoms with Crippen LogP contribution >= 0.6 is 15.8 Å². The van der Waals surface area contributed by atoms with Crippen molar-refractivity contribution in [3.05, 3.63) is 121 Å². The van der Waals surface area contributed by atoms with Crippen LogP contribution in [0, 0.1) is 11.8 Å². The van der Waals surface area contributed by atoms with Crippen molar-refractivity contribution in [2.45, 2.75) is 44.4 Å². The van der Waals surface area contributed by atoms with E-state index in [0.717, 1.165) is 0 Å². The predicted octanol–water partition coefficient (Wildman–Crippen LogP) is 7.45. The van der Waals surface area contributed by atoms with Crippen LogP contribution in [0.5, 0.6) is 0 Å². The quantitative estimate of drug-likeness (QED) is 0.223. The van der Waals surface area contributed by atoms with E-state index >= 15 is 0 Å². The molecule has 2 heteroatoms. The van der Waals surface area contributed by atoms with Gasteiger partial charge in [0.25, 0.3) is 0 Å². The van der Waals surface area contributed by atoms with Crippen LogP contribution < -0.4 is 21.2 Å². The lowest BCUT2D eigenvalue weighted by atomic mass is 9.99. The first-order valence-corrected chi connectivity index (χ1v) is 15.4. The molecule has 0 unspecified atom stereocenters. The van der Waals surface area contributed by atoms with Gasteiger partial charge in [0.15, 0.2) is 0 Å². The first-order chi connectivity index (χ1) is 16.9.